The molecule has 1 fully saturated rings. The molecule has 0 radical (unpaired) electrons. The van der Waals surface area contributed by atoms with Gasteiger partial charge >= 0.3 is 0 Å². The number of amides is 1. The molecule has 0 saturated carbocycles. The molecular formula is C23H29NO3. The molecule has 0 aromatic heterocycles. The third kappa shape index (κ3) is 4.82. The summed E-state index contributed by atoms with van der Waals surface area (Å²) in [6.07, 6.45) is 4.27. The van der Waals surface area contributed by atoms with Gasteiger partial charge in [-0.15, -0.1) is 0 Å². The predicted molar refractivity (Wildman–Crippen MR) is 108 cm³/mol. The van der Waals surface area contributed by atoms with Crippen LogP contribution in [0.15, 0.2) is 42.5 Å². The highest BCUT2D eigenvalue weighted by Crippen LogP contribution is 2.27. The van der Waals surface area contributed by atoms with Crippen molar-refractivity contribution in [3.8, 4) is 11.5 Å². The van der Waals surface area contributed by atoms with Crippen molar-refractivity contribution in [2.75, 3.05) is 27.3 Å². The minimum Gasteiger partial charge on any atom is -0.497 e. The molecule has 1 heterocycles. The van der Waals surface area contributed by atoms with Crippen molar-refractivity contribution in [2.45, 2.75) is 32.6 Å². The Morgan fingerprint density at radius 1 is 1.04 bits per heavy atom. The highest BCUT2D eigenvalue weighted by molar-refractivity contribution is 5.95. The van der Waals surface area contributed by atoms with Gasteiger partial charge in [0.05, 0.1) is 14.2 Å². The molecule has 3 rings (SSSR count). The van der Waals surface area contributed by atoms with Gasteiger partial charge in [-0.05, 0) is 67.9 Å². The van der Waals surface area contributed by atoms with Crippen LogP contribution in [-0.4, -0.2) is 38.1 Å². The number of benzene rings is 2. The Kier molecular flexibility index (Phi) is 6.38. The maximum Gasteiger partial charge on any atom is 0.254 e. The van der Waals surface area contributed by atoms with Gasteiger partial charge in [-0.1, -0.05) is 18.2 Å². The second kappa shape index (κ2) is 8.94. The maximum absolute atomic E-state index is 12.7. The molecule has 0 unspecified atom stereocenters. The number of nitrogens with zero attached hydrogens (tertiary/aromatic N) is 1. The summed E-state index contributed by atoms with van der Waals surface area (Å²) in [6.45, 7) is 3.70. The number of hydrogen-bond acceptors (Lipinski definition) is 3. The summed E-state index contributed by atoms with van der Waals surface area (Å²) < 4.78 is 10.7. The van der Waals surface area contributed by atoms with Crippen LogP contribution in [0.1, 0.15) is 40.7 Å². The van der Waals surface area contributed by atoms with Gasteiger partial charge in [-0.25, -0.2) is 0 Å². The zero-order chi connectivity index (χ0) is 19.2. The van der Waals surface area contributed by atoms with Crippen LogP contribution >= 0.6 is 0 Å². The number of aryl methyl sites for hydroxylation is 2. The van der Waals surface area contributed by atoms with E-state index in [0.717, 1.165) is 61.4 Å². The highest BCUT2D eigenvalue weighted by atomic mass is 16.5. The Morgan fingerprint density at radius 2 is 1.67 bits per heavy atom. The van der Waals surface area contributed by atoms with Gasteiger partial charge in [-0.3, -0.25) is 4.79 Å². The van der Waals surface area contributed by atoms with Crippen molar-refractivity contribution < 1.29 is 14.3 Å². The SMILES string of the molecule is COc1cc(CCC2CCN(C(=O)c3ccccc3C)CC2)cc(OC)c1. The number of piperidine rings is 1. The third-order valence-corrected chi connectivity index (χ3v) is 5.53. The molecule has 0 atom stereocenters. The van der Waals surface area contributed by atoms with Crippen molar-refractivity contribution in [3.05, 3.63) is 59.2 Å². The first-order valence-electron chi connectivity index (χ1n) is 9.67. The normalized spacial score (nSPS) is 14.9. The zero-order valence-corrected chi connectivity index (χ0v) is 16.5. The van der Waals surface area contributed by atoms with Crippen LogP contribution in [0.25, 0.3) is 0 Å². The van der Waals surface area contributed by atoms with E-state index in [0.29, 0.717) is 5.92 Å². The minimum absolute atomic E-state index is 0.170. The van der Waals surface area contributed by atoms with Crippen molar-refractivity contribution in [1.82, 2.24) is 4.90 Å². The lowest BCUT2D eigenvalue weighted by Gasteiger charge is -2.32. The van der Waals surface area contributed by atoms with E-state index in [9.17, 15) is 4.79 Å². The average molecular weight is 367 g/mol. The molecule has 0 spiro atoms. The minimum atomic E-state index is 0.170. The molecule has 0 aliphatic carbocycles. The van der Waals surface area contributed by atoms with Crippen molar-refractivity contribution in [3.63, 3.8) is 0 Å². The van der Waals surface area contributed by atoms with Crippen LogP contribution < -0.4 is 9.47 Å². The van der Waals surface area contributed by atoms with Gasteiger partial charge in [0.15, 0.2) is 0 Å². The molecule has 1 aliphatic rings. The van der Waals surface area contributed by atoms with Gasteiger partial charge in [0, 0.05) is 24.7 Å². The third-order valence-electron chi connectivity index (χ3n) is 5.53. The fraction of sp³-hybridized carbons (Fsp3) is 0.435. The lowest BCUT2D eigenvalue weighted by molar-refractivity contribution is 0.0686. The van der Waals surface area contributed by atoms with Crippen molar-refractivity contribution in [1.29, 1.82) is 0 Å². The molecule has 2 aromatic rings. The Hall–Kier alpha value is -2.49. The fourth-order valence-electron chi connectivity index (χ4n) is 3.79. The van der Waals surface area contributed by atoms with Gasteiger partial charge in [0.2, 0.25) is 0 Å². The molecule has 0 bridgehead atoms. The van der Waals surface area contributed by atoms with Crippen LogP contribution in [0.4, 0.5) is 0 Å². The number of methoxy groups -OCH3 is 2. The molecule has 27 heavy (non-hydrogen) atoms. The number of carbonyl (C=O) groups excluding carboxylic acids is 1. The number of carbonyl (C=O) groups is 1. The largest absolute Gasteiger partial charge is 0.497 e. The average Bonchev–Trinajstić information content (AvgIpc) is 2.72. The Bertz CT molecular complexity index is 757. The van der Waals surface area contributed by atoms with Crippen LogP contribution in [-0.2, 0) is 6.42 Å². The van der Waals surface area contributed by atoms with Crippen molar-refractivity contribution >= 4 is 5.91 Å². The zero-order valence-electron chi connectivity index (χ0n) is 16.5. The predicted octanol–water partition coefficient (Wildman–Crippen LogP) is 4.50. The molecule has 2 aromatic carbocycles. The van der Waals surface area contributed by atoms with E-state index in [1.54, 1.807) is 14.2 Å². The van der Waals surface area contributed by atoms with Crippen LogP contribution in [0.2, 0.25) is 0 Å². The monoisotopic (exact) mass is 367 g/mol. The summed E-state index contributed by atoms with van der Waals surface area (Å²) in [5, 5.41) is 0. The molecule has 1 aliphatic heterocycles. The van der Waals surface area contributed by atoms with Crippen LogP contribution in [0.5, 0.6) is 11.5 Å². The van der Waals surface area contributed by atoms with Crippen LogP contribution in [0, 0.1) is 12.8 Å². The molecular weight excluding hydrogens is 338 g/mol. The molecule has 144 valence electrons. The topological polar surface area (TPSA) is 38.8 Å². The van der Waals surface area contributed by atoms with Gasteiger partial charge < -0.3 is 14.4 Å². The van der Waals surface area contributed by atoms with Gasteiger partial charge in [0.25, 0.3) is 5.91 Å². The van der Waals surface area contributed by atoms with Crippen molar-refractivity contribution in [2.24, 2.45) is 5.92 Å². The smallest absolute Gasteiger partial charge is 0.254 e. The van der Waals surface area contributed by atoms with E-state index < -0.39 is 0 Å². The van der Waals surface area contributed by atoms with E-state index >= 15 is 0 Å². The van der Waals surface area contributed by atoms with E-state index in [2.05, 4.69) is 12.1 Å². The van der Waals surface area contributed by atoms with E-state index in [1.165, 1.54) is 5.56 Å². The maximum atomic E-state index is 12.7. The van der Waals surface area contributed by atoms with Crippen LogP contribution in [0.3, 0.4) is 0 Å². The Balaban J connectivity index is 1.53. The first-order chi connectivity index (χ1) is 13.1. The van der Waals surface area contributed by atoms with Gasteiger partial charge in [-0.2, -0.15) is 0 Å². The fourth-order valence-corrected chi connectivity index (χ4v) is 3.79. The lowest BCUT2D eigenvalue weighted by Crippen LogP contribution is -2.38. The molecule has 4 heteroatoms. The number of likely N-dealkylation sites (tertiary alicyclic amines) is 1. The highest BCUT2D eigenvalue weighted by Gasteiger charge is 2.24. The lowest BCUT2D eigenvalue weighted by atomic mass is 9.90. The summed E-state index contributed by atoms with van der Waals surface area (Å²) in [5.74, 6) is 2.50. The second-order valence-corrected chi connectivity index (χ2v) is 7.31. The molecule has 1 saturated heterocycles. The second-order valence-electron chi connectivity index (χ2n) is 7.31. The molecule has 1 amide bonds. The summed E-state index contributed by atoms with van der Waals surface area (Å²) in [7, 11) is 3.36. The molecule has 4 nitrogen and oxygen atoms in total. The Labute approximate surface area is 162 Å². The van der Waals surface area contributed by atoms with E-state index in [1.807, 2.05) is 42.2 Å². The summed E-state index contributed by atoms with van der Waals surface area (Å²) in [6, 6.07) is 13.9. The standard InChI is InChI=1S/C23H29NO3/c1-17-6-4-5-7-22(17)23(25)24-12-10-18(11-13-24)8-9-19-14-20(26-2)16-21(15-19)27-3/h4-7,14-16,18H,8-13H2,1-3H3. The summed E-state index contributed by atoms with van der Waals surface area (Å²) >= 11 is 0. The summed E-state index contributed by atoms with van der Waals surface area (Å²) in [4.78, 5) is 14.8. The quantitative estimate of drug-likeness (QED) is 0.755. The first kappa shape index (κ1) is 19.3. The van der Waals surface area contributed by atoms with Gasteiger partial charge in [0.1, 0.15) is 11.5 Å². The Morgan fingerprint density at radius 3 is 2.26 bits per heavy atom. The first-order valence-corrected chi connectivity index (χ1v) is 9.67. The number of ether oxygens (including phenoxy) is 2. The number of rotatable bonds is 6. The summed E-state index contributed by atoms with van der Waals surface area (Å²) in [5.41, 5.74) is 3.13. The van der Waals surface area contributed by atoms with E-state index in [4.69, 9.17) is 9.47 Å². The molecule has 0 N–H and O–H groups in total. The van der Waals surface area contributed by atoms with E-state index in [-0.39, 0.29) is 5.91 Å². The number of hydrogen-bond donors (Lipinski definition) is 0.